The third-order valence-corrected chi connectivity index (χ3v) is 3.97. The number of benzene rings is 1. The lowest BCUT2D eigenvalue weighted by molar-refractivity contribution is -0.120. The summed E-state index contributed by atoms with van der Waals surface area (Å²) in [7, 11) is 0. The molecule has 0 radical (unpaired) electrons. The Morgan fingerprint density at radius 2 is 1.95 bits per heavy atom. The quantitative estimate of drug-likeness (QED) is 0.889. The zero-order chi connectivity index (χ0) is 15.9. The van der Waals surface area contributed by atoms with Crippen LogP contribution in [0.15, 0.2) is 41.8 Å². The number of rotatable bonds is 6. The van der Waals surface area contributed by atoms with Crippen LogP contribution in [0.3, 0.4) is 0 Å². The molecule has 6 heteroatoms. The number of carbonyl (C=O) groups excluding carboxylic acids is 2. The van der Waals surface area contributed by atoms with Crippen molar-refractivity contribution in [2.75, 3.05) is 18.0 Å². The second-order valence-electron chi connectivity index (χ2n) is 4.75. The molecule has 0 aliphatic rings. The van der Waals surface area contributed by atoms with Gasteiger partial charge in [-0.05, 0) is 35.7 Å². The molecule has 2 rings (SSSR count). The second-order valence-corrected chi connectivity index (χ2v) is 5.79. The summed E-state index contributed by atoms with van der Waals surface area (Å²) in [6, 6.07) is 9.51. The van der Waals surface area contributed by atoms with Crippen LogP contribution in [-0.4, -0.2) is 24.9 Å². The molecule has 1 aromatic heterocycles. The highest BCUT2D eigenvalue weighted by molar-refractivity contribution is 7.10. The molecule has 116 valence electrons. The van der Waals surface area contributed by atoms with Gasteiger partial charge < -0.3 is 10.2 Å². The van der Waals surface area contributed by atoms with Crippen LogP contribution in [0.25, 0.3) is 0 Å². The van der Waals surface area contributed by atoms with E-state index in [9.17, 15) is 14.0 Å². The number of carbonyl (C=O) groups is 2. The minimum atomic E-state index is -0.350. The van der Waals surface area contributed by atoms with Crippen LogP contribution in [0.1, 0.15) is 11.8 Å². The van der Waals surface area contributed by atoms with Crippen molar-refractivity contribution < 1.29 is 14.0 Å². The minimum absolute atomic E-state index is 0.0786. The van der Waals surface area contributed by atoms with Gasteiger partial charge in [0.1, 0.15) is 5.82 Å². The Labute approximate surface area is 132 Å². The van der Waals surface area contributed by atoms with Gasteiger partial charge in [-0.3, -0.25) is 9.59 Å². The van der Waals surface area contributed by atoms with E-state index in [0.29, 0.717) is 25.2 Å². The van der Waals surface area contributed by atoms with E-state index in [4.69, 9.17) is 0 Å². The van der Waals surface area contributed by atoms with Gasteiger partial charge in [0.15, 0.2) is 0 Å². The van der Waals surface area contributed by atoms with Gasteiger partial charge in [-0.25, -0.2) is 4.39 Å². The third-order valence-electron chi connectivity index (χ3n) is 3.09. The largest absolute Gasteiger partial charge is 0.354 e. The van der Waals surface area contributed by atoms with Crippen molar-refractivity contribution in [2.24, 2.45) is 0 Å². The molecule has 1 N–H and O–H groups in total. The van der Waals surface area contributed by atoms with Crippen LogP contribution in [0.2, 0.25) is 0 Å². The molecule has 2 aromatic rings. The number of thiophene rings is 1. The summed E-state index contributed by atoms with van der Waals surface area (Å²) in [5, 5.41) is 4.71. The van der Waals surface area contributed by atoms with Crippen molar-refractivity contribution in [3.05, 3.63) is 52.5 Å². The van der Waals surface area contributed by atoms with Gasteiger partial charge in [-0.15, -0.1) is 11.3 Å². The second kappa shape index (κ2) is 7.70. The summed E-state index contributed by atoms with van der Waals surface area (Å²) < 4.78 is 12.9. The average molecular weight is 320 g/mol. The molecule has 0 aliphatic heterocycles. The fraction of sp³-hybridized carbons (Fsp3) is 0.250. The number of nitrogens with one attached hydrogen (secondary N) is 1. The molecule has 0 saturated carbocycles. The van der Waals surface area contributed by atoms with E-state index in [0.717, 1.165) is 4.88 Å². The van der Waals surface area contributed by atoms with Crippen molar-refractivity contribution in [3.8, 4) is 0 Å². The van der Waals surface area contributed by atoms with E-state index in [-0.39, 0.29) is 17.6 Å². The van der Waals surface area contributed by atoms with Crippen molar-refractivity contribution in [1.82, 2.24) is 5.32 Å². The number of amides is 2. The van der Waals surface area contributed by atoms with Gasteiger partial charge in [0.05, 0.1) is 6.42 Å². The Balaban J connectivity index is 1.85. The lowest BCUT2D eigenvalue weighted by Crippen LogP contribution is -2.38. The molecule has 1 aromatic carbocycles. The lowest BCUT2D eigenvalue weighted by Gasteiger charge is -2.21. The summed E-state index contributed by atoms with van der Waals surface area (Å²) in [6.07, 6.45) is 0.342. The standard InChI is InChI=1S/C16H17FN2O2S/c1-12(20)19(14-6-4-13(17)5-7-14)9-8-18-16(21)11-15-3-2-10-22-15/h2-7,10H,8-9,11H2,1H3,(H,18,21). The van der Waals surface area contributed by atoms with Crippen molar-refractivity contribution >= 4 is 28.8 Å². The maximum absolute atomic E-state index is 12.9. The Bertz CT molecular complexity index is 626. The highest BCUT2D eigenvalue weighted by Crippen LogP contribution is 2.14. The molecule has 22 heavy (non-hydrogen) atoms. The predicted octanol–water partition coefficient (Wildman–Crippen LogP) is 2.60. The Hall–Kier alpha value is -2.21. The number of halogens is 1. The monoisotopic (exact) mass is 320 g/mol. The molecule has 2 amide bonds. The smallest absolute Gasteiger partial charge is 0.225 e. The minimum Gasteiger partial charge on any atom is -0.354 e. The van der Waals surface area contributed by atoms with E-state index in [1.807, 2.05) is 17.5 Å². The summed E-state index contributed by atoms with van der Waals surface area (Å²) in [5.74, 6) is -0.583. The van der Waals surface area contributed by atoms with Gasteiger partial charge in [-0.1, -0.05) is 6.07 Å². The first-order valence-electron chi connectivity index (χ1n) is 6.89. The third kappa shape index (κ3) is 4.66. The van der Waals surface area contributed by atoms with Crippen LogP contribution in [-0.2, 0) is 16.0 Å². The van der Waals surface area contributed by atoms with E-state index < -0.39 is 0 Å². The summed E-state index contributed by atoms with van der Waals surface area (Å²) in [4.78, 5) is 26.0. The summed E-state index contributed by atoms with van der Waals surface area (Å²) in [6.45, 7) is 2.13. The van der Waals surface area contributed by atoms with E-state index in [1.54, 1.807) is 12.1 Å². The molecular weight excluding hydrogens is 303 g/mol. The van der Waals surface area contributed by atoms with E-state index >= 15 is 0 Å². The fourth-order valence-electron chi connectivity index (χ4n) is 2.03. The molecule has 1 heterocycles. The molecule has 0 bridgehead atoms. The van der Waals surface area contributed by atoms with Gasteiger partial charge in [0, 0.05) is 30.6 Å². The highest BCUT2D eigenvalue weighted by Gasteiger charge is 2.12. The fourth-order valence-corrected chi connectivity index (χ4v) is 2.73. The van der Waals surface area contributed by atoms with Crippen LogP contribution >= 0.6 is 11.3 Å². The maximum Gasteiger partial charge on any atom is 0.225 e. The van der Waals surface area contributed by atoms with E-state index in [1.165, 1.54) is 35.3 Å². The topological polar surface area (TPSA) is 49.4 Å². The molecule has 0 fully saturated rings. The number of hydrogen-bond acceptors (Lipinski definition) is 3. The molecule has 0 atom stereocenters. The lowest BCUT2D eigenvalue weighted by atomic mass is 10.2. The number of nitrogens with zero attached hydrogens (tertiary/aromatic N) is 1. The van der Waals surface area contributed by atoms with Crippen molar-refractivity contribution in [2.45, 2.75) is 13.3 Å². The average Bonchev–Trinajstić information content (AvgIpc) is 2.97. The summed E-state index contributed by atoms with van der Waals surface area (Å²) >= 11 is 1.53. The highest BCUT2D eigenvalue weighted by atomic mass is 32.1. The molecule has 0 saturated heterocycles. The van der Waals surface area contributed by atoms with Crippen LogP contribution in [0.4, 0.5) is 10.1 Å². The first-order valence-corrected chi connectivity index (χ1v) is 7.77. The molecule has 0 spiro atoms. The zero-order valence-corrected chi connectivity index (χ0v) is 13.0. The Kier molecular flexibility index (Phi) is 5.66. The predicted molar refractivity (Wildman–Crippen MR) is 85.5 cm³/mol. The van der Waals surface area contributed by atoms with Gasteiger partial charge in [0.2, 0.25) is 11.8 Å². The van der Waals surface area contributed by atoms with E-state index in [2.05, 4.69) is 5.32 Å². The van der Waals surface area contributed by atoms with Crippen molar-refractivity contribution in [3.63, 3.8) is 0 Å². The van der Waals surface area contributed by atoms with Crippen LogP contribution in [0, 0.1) is 5.82 Å². The van der Waals surface area contributed by atoms with Crippen LogP contribution in [0.5, 0.6) is 0 Å². The van der Waals surface area contributed by atoms with Crippen LogP contribution < -0.4 is 10.2 Å². The van der Waals surface area contributed by atoms with Crippen molar-refractivity contribution in [1.29, 1.82) is 0 Å². The Morgan fingerprint density at radius 1 is 1.23 bits per heavy atom. The maximum atomic E-state index is 12.9. The normalized spacial score (nSPS) is 10.3. The first-order chi connectivity index (χ1) is 10.6. The summed E-state index contributed by atoms with van der Waals surface area (Å²) in [5.41, 5.74) is 0.612. The Morgan fingerprint density at radius 3 is 2.55 bits per heavy atom. The molecule has 0 unspecified atom stereocenters. The molecular formula is C16H17FN2O2S. The number of anilines is 1. The first kappa shape index (κ1) is 16.2. The van der Waals surface area contributed by atoms with Gasteiger partial charge in [-0.2, -0.15) is 0 Å². The van der Waals surface area contributed by atoms with Gasteiger partial charge in [0.25, 0.3) is 0 Å². The number of hydrogen-bond donors (Lipinski definition) is 1. The SMILES string of the molecule is CC(=O)N(CCNC(=O)Cc1cccs1)c1ccc(F)cc1. The molecule has 0 aliphatic carbocycles. The molecule has 4 nitrogen and oxygen atoms in total. The zero-order valence-electron chi connectivity index (χ0n) is 12.2. The van der Waals surface area contributed by atoms with Gasteiger partial charge >= 0.3 is 0 Å².